The van der Waals surface area contributed by atoms with Crippen molar-refractivity contribution < 1.29 is 18.7 Å². The van der Waals surface area contributed by atoms with Gasteiger partial charge in [-0.15, -0.1) is 0 Å². The summed E-state index contributed by atoms with van der Waals surface area (Å²) < 4.78 is 24.7. The lowest BCUT2D eigenvalue weighted by Gasteiger charge is -2.26. The number of hydrogen-bond acceptors (Lipinski definition) is 4. The number of ether oxygens (including phenoxy) is 2. The van der Waals surface area contributed by atoms with Crippen LogP contribution in [-0.2, 0) is 22.6 Å². The van der Waals surface area contributed by atoms with Crippen molar-refractivity contribution in [1.82, 2.24) is 10.2 Å². The van der Waals surface area contributed by atoms with Crippen LogP contribution in [0.5, 0.6) is 5.75 Å². The van der Waals surface area contributed by atoms with Gasteiger partial charge in [-0.1, -0.05) is 43.3 Å². The van der Waals surface area contributed by atoms with Gasteiger partial charge in [-0.25, -0.2) is 4.39 Å². The number of carbonyl (C=O) groups excluding carboxylic acids is 1. The Labute approximate surface area is 165 Å². The van der Waals surface area contributed by atoms with Gasteiger partial charge in [0.15, 0.2) is 17.7 Å². The second-order valence-electron chi connectivity index (χ2n) is 6.87. The molecule has 2 aromatic carbocycles. The molecule has 0 aliphatic carbocycles. The van der Waals surface area contributed by atoms with Crippen LogP contribution in [0.1, 0.15) is 24.5 Å². The monoisotopic (exact) mass is 386 g/mol. The van der Waals surface area contributed by atoms with Crippen LogP contribution in [0.2, 0.25) is 0 Å². The topological polar surface area (TPSA) is 50.8 Å². The average Bonchev–Trinajstić information content (AvgIpc) is 2.72. The van der Waals surface area contributed by atoms with Gasteiger partial charge in [-0.05, 0) is 29.7 Å². The molecule has 1 atom stereocenters. The zero-order valence-corrected chi connectivity index (χ0v) is 16.2. The maximum absolute atomic E-state index is 13.8. The number of nitrogens with one attached hydrogen (secondary N) is 1. The molecule has 2 aromatic rings. The van der Waals surface area contributed by atoms with Crippen molar-refractivity contribution in [2.24, 2.45) is 0 Å². The summed E-state index contributed by atoms with van der Waals surface area (Å²) >= 11 is 0. The van der Waals surface area contributed by atoms with Crippen molar-refractivity contribution >= 4 is 5.91 Å². The molecule has 28 heavy (non-hydrogen) atoms. The van der Waals surface area contributed by atoms with E-state index in [2.05, 4.69) is 22.3 Å². The van der Waals surface area contributed by atoms with Gasteiger partial charge in [0.2, 0.25) is 0 Å². The largest absolute Gasteiger partial charge is 0.478 e. The van der Waals surface area contributed by atoms with Crippen molar-refractivity contribution in [2.75, 3.05) is 26.3 Å². The smallest absolute Gasteiger partial charge is 0.261 e. The zero-order chi connectivity index (χ0) is 19.8. The lowest BCUT2D eigenvalue weighted by molar-refractivity contribution is -0.128. The Balaban J connectivity index is 1.54. The molecule has 1 amide bonds. The first-order chi connectivity index (χ1) is 13.7. The highest BCUT2D eigenvalue weighted by Crippen LogP contribution is 2.18. The van der Waals surface area contributed by atoms with Crippen molar-refractivity contribution in [1.29, 1.82) is 0 Å². The Kier molecular flexibility index (Phi) is 7.39. The molecule has 0 radical (unpaired) electrons. The molecular weight excluding hydrogens is 359 g/mol. The van der Waals surface area contributed by atoms with Gasteiger partial charge < -0.3 is 14.8 Å². The Bertz CT molecular complexity index is 778. The zero-order valence-electron chi connectivity index (χ0n) is 16.2. The van der Waals surface area contributed by atoms with Gasteiger partial charge in [0.25, 0.3) is 5.91 Å². The SMILES string of the molecule is CC[C@@H](Oc1ccccc1F)C(=O)NCc1cccc(CN2CCOCC2)c1. The number of amides is 1. The molecule has 1 saturated heterocycles. The fourth-order valence-electron chi connectivity index (χ4n) is 3.17. The summed E-state index contributed by atoms with van der Waals surface area (Å²) in [6, 6.07) is 14.3. The third-order valence-corrected chi connectivity index (χ3v) is 4.74. The van der Waals surface area contributed by atoms with Gasteiger partial charge in [-0.3, -0.25) is 9.69 Å². The molecule has 1 heterocycles. The Morgan fingerprint density at radius 2 is 1.93 bits per heavy atom. The summed E-state index contributed by atoms with van der Waals surface area (Å²) in [4.78, 5) is 14.8. The fraction of sp³-hybridized carbons (Fsp3) is 0.409. The van der Waals surface area contributed by atoms with Crippen molar-refractivity contribution in [3.05, 3.63) is 65.5 Å². The summed E-state index contributed by atoms with van der Waals surface area (Å²) in [6.45, 7) is 6.55. The number of benzene rings is 2. The minimum atomic E-state index is -0.728. The summed E-state index contributed by atoms with van der Waals surface area (Å²) in [5.74, 6) is -0.620. The molecule has 6 heteroatoms. The second kappa shape index (κ2) is 10.2. The number of hydrogen-bond donors (Lipinski definition) is 1. The summed E-state index contributed by atoms with van der Waals surface area (Å²) in [5, 5.41) is 2.90. The Morgan fingerprint density at radius 1 is 1.18 bits per heavy atom. The highest BCUT2D eigenvalue weighted by atomic mass is 19.1. The number of nitrogens with zero attached hydrogens (tertiary/aromatic N) is 1. The highest BCUT2D eigenvalue weighted by molar-refractivity contribution is 5.81. The van der Waals surface area contributed by atoms with E-state index >= 15 is 0 Å². The molecule has 150 valence electrons. The van der Waals surface area contributed by atoms with Crippen LogP contribution in [0.15, 0.2) is 48.5 Å². The number of halogens is 1. The number of morpholine rings is 1. The van der Waals surface area contributed by atoms with Crippen LogP contribution >= 0.6 is 0 Å². The van der Waals surface area contributed by atoms with E-state index in [0.29, 0.717) is 13.0 Å². The van der Waals surface area contributed by atoms with Crippen LogP contribution in [-0.4, -0.2) is 43.2 Å². The van der Waals surface area contributed by atoms with E-state index < -0.39 is 11.9 Å². The number of carbonyl (C=O) groups is 1. The van der Waals surface area contributed by atoms with Gasteiger partial charge >= 0.3 is 0 Å². The molecule has 0 saturated carbocycles. The Morgan fingerprint density at radius 3 is 2.68 bits per heavy atom. The van der Waals surface area contributed by atoms with E-state index in [1.807, 2.05) is 19.1 Å². The highest BCUT2D eigenvalue weighted by Gasteiger charge is 2.19. The van der Waals surface area contributed by atoms with Crippen molar-refractivity contribution in [3.63, 3.8) is 0 Å². The molecule has 5 nitrogen and oxygen atoms in total. The van der Waals surface area contributed by atoms with E-state index in [9.17, 15) is 9.18 Å². The predicted molar refractivity (Wildman–Crippen MR) is 105 cm³/mol. The fourth-order valence-corrected chi connectivity index (χ4v) is 3.17. The van der Waals surface area contributed by atoms with Gasteiger partial charge in [0, 0.05) is 26.2 Å². The van der Waals surface area contributed by atoms with Gasteiger partial charge in [0.05, 0.1) is 13.2 Å². The molecule has 0 unspecified atom stereocenters. The predicted octanol–water partition coefficient (Wildman–Crippen LogP) is 3.13. The third-order valence-electron chi connectivity index (χ3n) is 4.74. The van der Waals surface area contributed by atoms with Crippen LogP contribution in [0.25, 0.3) is 0 Å². The molecule has 1 aliphatic heterocycles. The quantitative estimate of drug-likeness (QED) is 0.757. The normalized spacial score (nSPS) is 15.8. The maximum Gasteiger partial charge on any atom is 0.261 e. The van der Waals surface area contributed by atoms with Gasteiger partial charge in [-0.2, -0.15) is 0 Å². The first-order valence-electron chi connectivity index (χ1n) is 9.72. The molecule has 1 aliphatic rings. The van der Waals surface area contributed by atoms with Crippen LogP contribution in [0.3, 0.4) is 0 Å². The molecule has 0 aromatic heterocycles. The average molecular weight is 386 g/mol. The lowest BCUT2D eigenvalue weighted by atomic mass is 10.1. The molecule has 3 rings (SSSR count). The van der Waals surface area contributed by atoms with E-state index in [4.69, 9.17) is 9.47 Å². The van der Waals surface area contributed by atoms with E-state index in [-0.39, 0.29) is 11.7 Å². The standard InChI is InChI=1S/C22H27FN2O3/c1-2-20(28-21-9-4-3-8-19(21)23)22(26)24-15-17-6-5-7-18(14-17)16-25-10-12-27-13-11-25/h3-9,14,20H,2,10-13,15-16H2,1H3,(H,24,26)/t20-/m1/s1. The lowest BCUT2D eigenvalue weighted by Crippen LogP contribution is -2.37. The minimum Gasteiger partial charge on any atom is -0.478 e. The van der Waals surface area contributed by atoms with E-state index in [1.54, 1.807) is 12.1 Å². The van der Waals surface area contributed by atoms with Crippen molar-refractivity contribution in [3.8, 4) is 5.75 Å². The van der Waals surface area contributed by atoms with E-state index in [0.717, 1.165) is 38.4 Å². The number of rotatable bonds is 8. The second-order valence-corrected chi connectivity index (χ2v) is 6.87. The van der Waals surface area contributed by atoms with Crippen molar-refractivity contribution in [2.45, 2.75) is 32.5 Å². The molecular formula is C22H27FN2O3. The number of para-hydroxylation sites is 1. The van der Waals surface area contributed by atoms with Gasteiger partial charge in [0.1, 0.15) is 0 Å². The third kappa shape index (κ3) is 5.78. The first kappa shape index (κ1) is 20.3. The molecule has 1 fully saturated rings. The minimum absolute atomic E-state index is 0.0945. The Hall–Kier alpha value is -2.44. The molecule has 0 bridgehead atoms. The van der Waals surface area contributed by atoms with Crippen LogP contribution in [0.4, 0.5) is 4.39 Å². The molecule has 1 N–H and O–H groups in total. The van der Waals surface area contributed by atoms with Crippen LogP contribution < -0.4 is 10.1 Å². The summed E-state index contributed by atoms with van der Waals surface area (Å²) in [7, 11) is 0. The summed E-state index contributed by atoms with van der Waals surface area (Å²) in [6.07, 6.45) is -0.273. The first-order valence-corrected chi connectivity index (χ1v) is 9.72. The summed E-state index contributed by atoms with van der Waals surface area (Å²) in [5.41, 5.74) is 2.24. The maximum atomic E-state index is 13.8. The van der Waals surface area contributed by atoms with Crippen LogP contribution in [0, 0.1) is 5.82 Å². The van der Waals surface area contributed by atoms with E-state index in [1.165, 1.54) is 17.7 Å². The molecule has 0 spiro atoms.